The molecule has 1 aliphatic rings. The molecule has 7 heteroatoms. The molecule has 116 valence electrons. The normalized spacial score (nSPS) is 16.2. The zero-order chi connectivity index (χ0) is 15.4. The SMILES string of the molecule is CNCCC1CCN(c2cc(F)c(Br)cc2[N+](=O)[O-])CC1. The molecular weight excluding hydrogens is 341 g/mol. The summed E-state index contributed by atoms with van der Waals surface area (Å²) in [5, 5.41) is 14.3. The summed E-state index contributed by atoms with van der Waals surface area (Å²) >= 11 is 3.01. The molecule has 0 amide bonds. The van der Waals surface area contributed by atoms with Gasteiger partial charge in [-0.2, -0.15) is 0 Å². The molecule has 0 atom stereocenters. The summed E-state index contributed by atoms with van der Waals surface area (Å²) < 4.78 is 13.8. The largest absolute Gasteiger partial charge is 0.366 e. The third kappa shape index (κ3) is 3.91. The summed E-state index contributed by atoms with van der Waals surface area (Å²) in [5.41, 5.74) is 0.338. The summed E-state index contributed by atoms with van der Waals surface area (Å²) in [5.74, 6) is 0.168. The molecule has 5 nitrogen and oxygen atoms in total. The van der Waals surface area contributed by atoms with Crippen LogP contribution in [0.3, 0.4) is 0 Å². The van der Waals surface area contributed by atoms with E-state index >= 15 is 0 Å². The molecule has 0 bridgehead atoms. The van der Waals surface area contributed by atoms with Crippen LogP contribution in [0.5, 0.6) is 0 Å². The van der Waals surface area contributed by atoms with Gasteiger partial charge in [0.2, 0.25) is 0 Å². The van der Waals surface area contributed by atoms with E-state index in [-0.39, 0.29) is 10.2 Å². The molecule has 0 aliphatic carbocycles. The van der Waals surface area contributed by atoms with E-state index in [0.29, 0.717) is 11.6 Å². The van der Waals surface area contributed by atoms with E-state index in [1.807, 2.05) is 11.9 Å². The maximum absolute atomic E-state index is 13.7. The number of halogens is 2. The molecule has 1 saturated heterocycles. The maximum Gasteiger partial charge on any atom is 0.293 e. The first kappa shape index (κ1) is 16.2. The van der Waals surface area contributed by atoms with Crippen molar-refractivity contribution in [3.05, 3.63) is 32.5 Å². The molecule has 1 aliphatic heterocycles. The quantitative estimate of drug-likeness (QED) is 0.647. The van der Waals surface area contributed by atoms with Crippen molar-refractivity contribution in [3.8, 4) is 0 Å². The highest BCUT2D eigenvalue weighted by Crippen LogP contribution is 2.35. The van der Waals surface area contributed by atoms with E-state index in [9.17, 15) is 14.5 Å². The third-order valence-electron chi connectivity index (χ3n) is 3.97. The lowest BCUT2D eigenvalue weighted by atomic mass is 9.93. The Morgan fingerprint density at radius 1 is 1.48 bits per heavy atom. The highest BCUT2D eigenvalue weighted by Gasteiger charge is 2.26. The lowest BCUT2D eigenvalue weighted by Gasteiger charge is -2.33. The van der Waals surface area contributed by atoms with Gasteiger partial charge in [0.05, 0.1) is 9.40 Å². The lowest BCUT2D eigenvalue weighted by Crippen LogP contribution is -2.35. The van der Waals surface area contributed by atoms with Gasteiger partial charge in [-0.3, -0.25) is 10.1 Å². The van der Waals surface area contributed by atoms with Gasteiger partial charge in [-0.05, 0) is 54.7 Å². The zero-order valence-corrected chi connectivity index (χ0v) is 13.5. The predicted molar refractivity (Wildman–Crippen MR) is 84.2 cm³/mol. The first-order chi connectivity index (χ1) is 10.0. The number of nitro groups is 1. The van der Waals surface area contributed by atoms with Crippen LogP contribution in [-0.4, -0.2) is 31.6 Å². The van der Waals surface area contributed by atoms with Gasteiger partial charge in [-0.15, -0.1) is 0 Å². The van der Waals surface area contributed by atoms with E-state index in [0.717, 1.165) is 38.9 Å². The Balaban J connectivity index is 2.12. The number of hydrogen-bond donors (Lipinski definition) is 1. The fourth-order valence-electron chi connectivity index (χ4n) is 2.74. The average molecular weight is 360 g/mol. The van der Waals surface area contributed by atoms with Crippen molar-refractivity contribution in [2.45, 2.75) is 19.3 Å². The second-order valence-corrected chi connectivity index (χ2v) is 6.19. The van der Waals surface area contributed by atoms with E-state index in [2.05, 4.69) is 21.2 Å². The molecule has 0 saturated carbocycles. The highest BCUT2D eigenvalue weighted by molar-refractivity contribution is 9.10. The Labute approximate surface area is 131 Å². The van der Waals surface area contributed by atoms with E-state index < -0.39 is 10.7 Å². The van der Waals surface area contributed by atoms with Gasteiger partial charge in [-0.1, -0.05) is 0 Å². The number of anilines is 1. The molecule has 0 radical (unpaired) electrons. The van der Waals surface area contributed by atoms with Crippen molar-refractivity contribution in [3.63, 3.8) is 0 Å². The second-order valence-electron chi connectivity index (χ2n) is 5.33. The Kier molecular flexibility index (Phi) is 5.52. The molecule has 2 rings (SSSR count). The molecule has 1 heterocycles. The van der Waals surface area contributed by atoms with Gasteiger partial charge >= 0.3 is 0 Å². The van der Waals surface area contributed by atoms with Gasteiger partial charge in [0.25, 0.3) is 5.69 Å². The van der Waals surface area contributed by atoms with Crippen LogP contribution in [0, 0.1) is 21.8 Å². The van der Waals surface area contributed by atoms with Crippen molar-refractivity contribution in [1.29, 1.82) is 0 Å². The summed E-state index contributed by atoms with van der Waals surface area (Å²) in [6.07, 6.45) is 3.08. The molecular formula is C14H19BrFN3O2. The van der Waals surface area contributed by atoms with E-state index in [1.54, 1.807) is 0 Å². The minimum Gasteiger partial charge on any atom is -0.366 e. The van der Waals surface area contributed by atoms with Gasteiger partial charge in [0.1, 0.15) is 11.5 Å². The maximum atomic E-state index is 13.7. The zero-order valence-electron chi connectivity index (χ0n) is 11.9. The summed E-state index contributed by atoms with van der Waals surface area (Å²) in [7, 11) is 1.93. The fraction of sp³-hybridized carbons (Fsp3) is 0.571. The third-order valence-corrected chi connectivity index (χ3v) is 4.58. The predicted octanol–water partition coefficient (Wildman–Crippen LogP) is 3.32. The topological polar surface area (TPSA) is 58.4 Å². The van der Waals surface area contributed by atoms with Crippen molar-refractivity contribution in [2.24, 2.45) is 5.92 Å². The van der Waals surface area contributed by atoms with Crippen LogP contribution in [0.1, 0.15) is 19.3 Å². The lowest BCUT2D eigenvalue weighted by molar-refractivity contribution is -0.384. The van der Waals surface area contributed by atoms with Crippen LogP contribution in [0.4, 0.5) is 15.8 Å². The van der Waals surface area contributed by atoms with Gasteiger partial charge in [-0.25, -0.2) is 4.39 Å². The number of nitrogens with one attached hydrogen (secondary N) is 1. The molecule has 1 fully saturated rings. The Bertz CT molecular complexity index is 519. The molecule has 1 aromatic rings. The number of hydrogen-bond acceptors (Lipinski definition) is 4. The molecule has 1 N–H and O–H groups in total. The summed E-state index contributed by atoms with van der Waals surface area (Å²) in [6.45, 7) is 2.45. The fourth-order valence-corrected chi connectivity index (χ4v) is 3.07. The molecule has 0 unspecified atom stereocenters. The summed E-state index contributed by atoms with van der Waals surface area (Å²) in [4.78, 5) is 12.6. The van der Waals surface area contributed by atoms with Crippen molar-refractivity contribution in [1.82, 2.24) is 5.32 Å². The van der Waals surface area contributed by atoms with Crippen LogP contribution in [-0.2, 0) is 0 Å². The monoisotopic (exact) mass is 359 g/mol. The molecule has 1 aromatic carbocycles. The van der Waals surface area contributed by atoms with Crippen LogP contribution >= 0.6 is 15.9 Å². The van der Waals surface area contributed by atoms with Crippen LogP contribution in [0.2, 0.25) is 0 Å². The molecule has 0 spiro atoms. The first-order valence-electron chi connectivity index (χ1n) is 7.06. The summed E-state index contributed by atoms with van der Waals surface area (Å²) in [6, 6.07) is 2.51. The number of nitrogens with zero attached hydrogens (tertiary/aromatic N) is 2. The smallest absolute Gasteiger partial charge is 0.293 e. The van der Waals surface area contributed by atoms with Crippen molar-refractivity contribution in [2.75, 3.05) is 31.6 Å². The minimum absolute atomic E-state index is 0.0445. The van der Waals surface area contributed by atoms with Gasteiger partial charge in [0, 0.05) is 25.2 Å². The number of piperidine rings is 1. The highest BCUT2D eigenvalue weighted by atomic mass is 79.9. The first-order valence-corrected chi connectivity index (χ1v) is 7.85. The molecule has 0 aromatic heterocycles. The van der Waals surface area contributed by atoms with Crippen LogP contribution in [0.25, 0.3) is 0 Å². The molecule has 21 heavy (non-hydrogen) atoms. The van der Waals surface area contributed by atoms with E-state index in [1.165, 1.54) is 12.1 Å². The Morgan fingerprint density at radius 3 is 2.71 bits per heavy atom. The standard InChI is InChI=1S/C14H19BrFN3O2/c1-17-5-2-10-3-6-18(7-4-10)13-9-12(16)11(15)8-14(13)19(20)21/h8-10,17H,2-7H2,1H3. The van der Waals surface area contributed by atoms with Crippen LogP contribution < -0.4 is 10.2 Å². The number of benzene rings is 1. The average Bonchev–Trinajstić information content (AvgIpc) is 2.48. The van der Waals surface area contributed by atoms with E-state index in [4.69, 9.17) is 0 Å². The Hall–Kier alpha value is -1.21. The number of rotatable bonds is 5. The minimum atomic E-state index is -0.465. The van der Waals surface area contributed by atoms with Crippen molar-refractivity contribution < 1.29 is 9.31 Å². The van der Waals surface area contributed by atoms with Gasteiger partial charge in [0.15, 0.2) is 0 Å². The number of nitro benzene ring substituents is 1. The van der Waals surface area contributed by atoms with Crippen LogP contribution in [0.15, 0.2) is 16.6 Å². The van der Waals surface area contributed by atoms with Gasteiger partial charge < -0.3 is 10.2 Å². The Morgan fingerprint density at radius 2 is 2.14 bits per heavy atom. The second kappa shape index (κ2) is 7.17. The van der Waals surface area contributed by atoms with Crippen molar-refractivity contribution >= 4 is 27.3 Å².